The van der Waals surface area contributed by atoms with E-state index in [4.69, 9.17) is 5.11 Å². The van der Waals surface area contributed by atoms with Gasteiger partial charge in [-0.3, -0.25) is 4.79 Å². The van der Waals surface area contributed by atoms with Crippen molar-refractivity contribution in [3.8, 4) is 5.88 Å². The Labute approximate surface area is 96.0 Å². The van der Waals surface area contributed by atoms with Crippen LogP contribution in [0.15, 0.2) is 35.6 Å². The zero-order valence-corrected chi connectivity index (χ0v) is 8.77. The van der Waals surface area contributed by atoms with E-state index >= 15 is 0 Å². The summed E-state index contributed by atoms with van der Waals surface area (Å²) < 4.78 is 4.41. The lowest BCUT2D eigenvalue weighted by molar-refractivity contribution is 0.142. The van der Waals surface area contributed by atoms with Crippen LogP contribution in [0.25, 0.3) is 17.0 Å². The molecule has 1 heterocycles. The fraction of sp³-hybridized carbons (Fsp3) is 0. The highest BCUT2D eigenvalue weighted by Crippen LogP contribution is 2.17. The minimum absolute atomic E-state index is 0.101. The van der Waals surface area contributed by atoms with Crippen LogP contribution in [0.3, 0.4) is 0 Å². The molecule has 86 valence electrons. The Balaban J connectivity index is 2.72. The molecule has 0 aliphatic heterocycles. The Kier molecular flexibility index (Phi) is 2.66. The molecule has 0 atom stereocenters. The van der Waals surface area contributed by atoms with Crippen LogP contribution in [0.2, 0.25) is 0 Å². The minimum Gasteiger partial charge on any atom is -0.449 e. The molecule has 0 fully saturated rings. The highest BCUT2D eigenvalue weighted by Gasteiger charge is 2.08. The first-order valence-corrected chi connectivity index (χ1v) is 4.81. The first kappa shape index (κ1) is 10.9. The minimum atomic E-state index is -1.47. The van der Waals surface area contributed by atoms with Gasteiger partial charge >= 0.3 is 6.16 Å². The lowest BCUT2D eigenvalue weighted by atomic mass is 10.1. The first-order valence-electron chi connectivity index (χ1n) is 4.81. The standard InChI is InChI=1S/C12H9NO4/c1-2-7-4-3-5-8-11(7)9(14)6-10(13-8)17-12(15)16/h2-6H,1H2,(H,13,14)(H,15,16). The monoisotopic (exact) mass is 231 g/mol. The maximum atomic E-state index is 11.8. The quantitative estimate of drug-likeness (QED) is 0.776. The summed E-state index contributed by atoms with van der Waals surface area (Å²) >= 11 is 0. The van der Waals surface area contributed by atoms with Crippen molar-refractivity contribution in [2.45, 2.75) is 0 Å². The van der Waals surface area contributed by atoms with E-state index < -0.39 is 6.16 Å². The maximum Gasteiger partial charge on any atom is 0.512 e. The molecule has 5 nitrogen and oxygen atoms in total. The van der Waals surface area contributed by atoms with Gasteiger partial charge in [-0.1, -0.05) is 24.8 Å². The fourth-order valence-electron chi connectivity index (χ4n) is 1.63. The number of aromatic amines is 1. The van der Waals surface area contributed by atoms with Crippen molar-refractivity contribution in [2.24, 2.45) is 0 Å². The average molecular weight is 231 g/mol. The highest BCUT2D eigenvalue weighted by molar-refractivity contribution is 5.87. The summed E-state index contributed by atoms with van der Waals surface area (Å²) in [6, 6.07) is 6.25. The van der Waals surface area contributed by atoms with Gasteiger partial charge < -0.3 is 14.8 Å². The van der Waals surface area contributed by atoms with Crippen LogP contribution in [0, 0.1) is 0 Å². The molecule has 2 aromatic rings. The number of nitrogens with one attached hydrogen (secondary N) is 1. The predicted octanol–water partition coefficient (Wildman–Crippen LogP) is 2.23. The summed E-state index contributed by atoms with van der Waals surface area (Å²) in [5, 5.41) is 8.93. The van der Waals surface area contributed by atoms with E-state index in [1.54, 1.807) is 24.3 Å². The van der Waals surface area contributed by atoms with Gasteiger partial charge in [-0.05, 0) is 11.6 Å². The van der Waals surface area contributed by atoms with Gasteiger partial charge in [0, 0.05) is 6.07 Å². The number of fused-ring (bicyclic) bond motifs is 1. The van der Waals surface area contributed by atoms with Crippen LogP contribution in [0.5, 0.6) is 5.88 Å². The molecule has 2 N–H and O–H groups in total. The van der Waals surface area contributed by atoms with Gasteiger partial charge in [-0.15, -0.1) is 0 Å². The molecule has 0 bridgehead atoms. The van der Waals surface area contributed by atoms with Gasteiger partial charge in [-0.2, -0.15) is 0 Å². The van der Waals surface area contributed by atoms with Gasteiger partial charge in [-0.25, -0.2) is 4.79 Å². The van der Waals surface area contributed by atoms with Crippen LogP contribution in [0.1, 0.15) is 5.56 Å². The molecule has 0 saturated carbocycles. The normalized spacial score (nSPS) is 10.1. The predicted molar refractivity (Wildman–Crippen MR) is 63.3 cm³/mol. The number of carboxylic acid groups (broad SMARTS) is 1. The van der Waals surface area contributed by atoms with Crippen molar-refractivity contribution in [1.29, 1.82) is 0 Å². The summed E-state index contributed by atoms with van der Waals surface area (Å²) in [5.74, 6) is -0.101. The Morgan fingerprint density at radius 3 is 2.88 bits per heavy atom. The van der Waals surface area contributed by atoms with Gasteiger partial charge in [0.2, 0.25) is 5.88 Å². The number of carbonyl (C=O) groups is 1. The van der Waals surface area contributed by atoms with E-state index in [0.29, 0.717) is 16.5 Å². The first-order chi connectivity index (χ1) is 8.11. The third kappa shape index (κ3) is 2.03. The van der Waals surface area contributed by atoms with Gasteiger partial charge in [0.25, 0.3) is 0 Å². The lowest BCUT2D eigenvalue weighted by Gasteiger charge is -2.04. The molecular formula is C12H9NO4. The molecule has 0 radical (unpaired) electrons. The van der Waals surface area contributed by atoms with Crippen LogP contribution in [0.4, 0.5) is 4.79 Å². The Morgan fingerprint density at radius 1 is 1.47 bits per heavy atom. The number of hydrogen-bond acceptors (Lipinski definition) is 3. The van der Waals surface area contributed by atoms with E-state index in [1.165, 1.54) is 0 Å². The Bertz CT molecular complexity index is 657. The van der Waals surface area contributed by atoms with Crippen molar-refractivity contribution in [3.63, 3.8) is 0 Å². The summed E-state index contributed by atoms with van der Waals surface area (Å²) in [5.41, 5.74) is 0.877. The smallest absolute Gasteiger partial charge is 0.449 e. The van der Waals surface area contributed by atoms with Crippen molar-refractivity contribution < 1.29 is 14.6 Å². The SMILES string of the molecule is C=Cc1cccc2[nH]c(OC(=O)O)cc(=O)c12. The van der Waals surface area contributed by atoms with Gasteiger partial charge in [0.15, 0.2) is 5.43 Å². The molecule has 1 aromatic carbocycles. The topological polar surface area (TPSA) is 79.4 Å². The van der Waals surface area contributed by atoms with E-state index in [2.05, 4.69) is 16.3 Å². The molecule has 0 spiro atoms. The molecular weight excluding hydrogens is 222 g/mol. The zero-order valence-electron chi connectivity index (χ0n) is 8.77. The molecule has 0 aliphatic rings. The van der Waals surface area contributed by atoms with Crippen molar-refractivity contribution in [1.82, 2.24) is 4.98 Å². The number of H-pyrrole nitrogens is 1. The number of hydrogen-bond donors (Lipinski definition) is 2. The molecule has 0 unspecified atom stereocenters. The number of aromatic nitrogens is 1. The van der Waals surface area contributed by atoms with Gasteiger partial charge in [0.1, 0.15) is 0 Å². The average Bonchev–Trinajstić information content (AvgIpc) is 2.27. The number of ether oxygens (including phenoxy) is 1. The maximum absolute atomic E-state index is 11.8. The molecule has 5 heteroatoms. The van der Waals surface area contributed by atoms with E-state index in [-0.39, 0.29) is 11.3 Å². The van der Waals surface area contributed by atoms with Crippen LogP contribution >= 0.6 is 0 Å². The second kappa shape index (κ2) is 4.13. The van der Waals surface area contributed by atoms with Crippen LogP contribution in [-0.4, -0.2) is 16.2 Å². The summed E-state index contributed by atoms with van der Waals surface area (Å²) in [7, 11) is 0. The number of pyridine rings is 1. The van der Waals surface area contributed by atoms with E-state index in [1.807, 2.05) is 0 Å². The summed E-state index contributed by atoms with van der Waals surface area (Å²) in [6.45, 7) is 3.61. The van der Waals surface area contributed by atoms with Crippen LogP contribution in [-0.2, 0) is 0 Å². The Morgan fingerprint density at radius 2 is 2.24 bits per heavy atom. The molecule has 0 aliphatic carbocycles. The fourth-order valence-corrected chi connectivity index (χ4v) is 1.63. The largest absolute Gasteiger partial charge is 0.512 e. The lowest BCUT2D eigenvalue weighted by Crippen LogP contribution is -2.09. The molecule has 0 saturated heterocycles. The summed E-state index contributed by atoms with van der Waals surface area (Å²) in [6.07, 6.45) is 0.0924. The molecule has 1 aromatic heterocycles. The van der Waals surface area contributed by atoms with Crippen LogP contribution < -0.4 is 10.2 Å². The second-order valence-corrected chi connectivity index (χ2v) is 3.34. The third-order valence-electron chi connectivity index (χ3n) is 2.28. The zero-order chi connectivity index (χ0) is 12.4. The van der Waals surface area contributed by atoms with Crippen molar-refractivity contribution in [3.05, 3.63) is 46.6 Å². The number of benzene rings is 1. The highest BCUT2D eigenvalue weighted by atomic mass is 16.7. The van der Waals surface area contributed by atoms with E-state index in [0.717, 1.165) is 6.07 Å². The van der Waals surface area contributed by atoms with Gasteiger partial charge in [0.05, 0.1) is 10.9 Å². The third-order valence-corrected chi connectivity index (χ3v) is 2.28. The van der Waals surface area contributed by atoms with Crippen molar-refractivity contribution in [2.75, 3.05) is 0 Å². The molecule has 2 rings (SSSR count). The van der Waals surface area contributed by atoms with E-state index in [9.17, 15) is 9.59 Å². The second-order valence-electron chi connectivity index (χ2n) is 3.34. The molecule has 0 amide bonds. The van der Waals surface area contributed by atoms with Crippen molar-refractivity contribution >= 4 is 23.1 Å². The Hall–Kier alpha value is -2.56. The molecule has 17 heavy (non-hydrogen) atoms. The number of rotatable bonds is 2. The summed E-state index contributed by atoms with van der Waals surface area (Å²) in [4.78, 5) is 24.9.